The first-order chi connectivity index (χ1) is 23.4. The van der Waals surface area contributed by atoms with Gasteiger partial charge in [0.25, 0.3) is 0 Å². The standard InChI is InChI=1S/C34H41F2N9O3/c1-2-42-11-13-43(14-12-42)24-9-7-23(8-10-24)38-34(46)37-22-5-3-21(4-6-22)31-39-32(44-25-15-27(35)29(44)19-47-17-25)41-33(40-31)45-26-16-28(36)30(45)20-48-18-26/h3-10,25-30H,2,11-20H2,1H3,(H2,37,38,46). The number of hydrogen-bond donors (Lipinski definition) is 2. The van der Waals surface area contributed by atoms with E-state index in [0.29, 0.717) is 60.7 Å². The van der Waals surface area contributed by atoms with Crippen LogP contribution in [0.3, 0.4) is 0 Å². The first-order valence-corrected chi connectivity index (χ1v) is 17.0. The van der Waals surface area contributed by atoms with Crippen LogP contribution in [0, 0.1) is 0 Å². The van der Waals surface area contributed by atoms with E-state index in [1.807, 2.05) is 46.2 Å². The highest BCUT2D eigenvalue weighted by atomic mass is 19.1. The quantitative estimate of drug-likeness (QED) is 0.386. The van der Waals surface area contributed by atoms with E-state index in [4.69, 9.17) is 24.4 Å². The van der Waals surface area contributed by atoms with Gasteiger partial charge < -0.3 is 39.7 Å². The Bertz CT molecular complexity index is 1560. The average molecular weight is 662 g/mol. The van der Waals surface area contributed by atoms with Gasteiger partial charge in [-0.2, -0.15) is 15.0 Å². The lowest BCUT2D eigenvalue weighted by Gasteiger charge is -2.37. The van der Waals surface area contributed by atoms with Crippen molar-refractivity contribution in [1.29, 1.82) is 0 Å². The summed E-state index contributed by atoms with van der Waals surface area (Å²) < 4.78 is 41.2. The summed E-state index contributed by atoms with van der Waals surface area (Å²) in [5.41, 5.74) is 3.13. The molecule has 5 fully saturated rings. The monoisotopic (exact) mass is 661 g/mol. The van der Waals surface area contributed by atoms with Crippen molar-refractivity contribution in [3.8, 4) is 11.4 Å². The molecule has 6 unspecified atom stereocenters. The van der Waals surface area contributed by atoms with E-state index in [9.17, 15) is 13.6 Å². The summed E-state index contributed by atoms with van der Waals surface area (Å²) in [6.07, 6.45) is -1.40. The molecule has 0 aliphatic carbocycles. The predicted octanol–water partition coefficient (Wildman–Crippen LogP) is 3.96. The summed E-state index contributed by atoms with van der Waals surface area (Å²) in [6.45, 7) is 8.64. The second-order valence-corrected chi connectivity index (χ2v) is 13.2. The van der Waals surface area contributed by atoms with E-state index in [2.05, 4.69) is 27.4 Å². The van der Waals surface area contributed by atoms with Gasteiger partial charge in [0.2, 0.25) is 11.9 Å². The molecule has 4 bridgehead atoms. The smallest absolute Gasteiger partial charge is 0.323 e. The molecule has 8 rings (SSSR count). The number of likely N-dealkylation sites (N-methyl/N-ethyl adjacent to an activating group) is 1. The van der Waals surface area contributed by atoms with Crippen molar-refractivity contribution in [2.24, 2.45) is 0 Å². The molecule has 1 aromatic heterocycles. The molecule has 6 heterocycles. The molecule has 5 aliphatic rings. The molecule has 254 valence electrons. The first kappa shape index (κ1) is 31.1. The number of carbonyl (C=O) groups excluding carboxylic acids is 1. The second kappa shape index (κ2) is 13.1. The second-order valence-electron chi connectivity index (χ2n) is 13.2. The molecule has 48 heavy (non-hydrogen) atoms. The molecule has 5 saturated heterocycles. The number of piperazine rings is 1. The number of urea groups is 1. The SMILES string of the molecule is CCN1CCN(c2ccc(NC(=O)Nc3ccc(-c4nc(N5C6COCC5C(F)C6)nc(N5C6COCC5C(F)C6)n4)cc3)cc2)CC1. The topological polar surface area (TPSA) is 111 Å². The molecule has 2 amide bonds. The molecule has 0 radical (unpaired) electrons. The maximum absolute atomic E-state index is 15.0. The summed E-state index contributed by atoms with van der Waals surface area (Å²) in [5, 5.41) is 5.79. The van der Waals surface area contributed by atoms with Crippen molar-refractivity contribution in [2.75, 3.05) is 84.5 Å². The Kier molecular flexibility index (Phi) is 8.47. The molecule has 14 heteroatoms. The van der Waals surface area contributed by atoms with E-state index in [1.165, 1.54) is 0 Å². The highest BCUT2D eigenvalue weighted by molar-refractivity contribution is 6.00. The lowest BCUT2D eigenvalue weighted by Crippen LogP contribution is -2.50. The van der Waals surface area contributed by atoms with Gasteiger partial charge in [0.1, 0.15) is 12.3 Å². The molecular formula is C34H41F2N9O3. The van der Waals surface area contributed by atoms with Crippen molar-refractivity contribution < 1.29 is 23.0 Å². The fraction of sp³-hybridized carbons (Fsp3) is 0.529. The number of alkyl halides is 2. The van der Waals surface area contributed by atoms with Crippen molar-refractivity contribution >= 4 is 35.0 Å². The Morgan fingerprint density at radius 1 is 0.750 bits per heavy atom. The summed E-state index contributed by atoms with van der Waals surface area (Å²) in [4.78, 5) is 35.9. The number of rotatable bonds is 7. The van der Waals surface area contributed by atoms with Crippen LogP contribution in [-0.2, 0) is 9.47 Å². The highest BCUT2D eigenvalue weighted by Crippen LogP contribution is 2.38. The third-order valence-corrected chi connectivity index (χ3v) is 10.3. The fourth-order valence-electron chi connectivity index (χ4n) is 7.68. The number of ether oxygens (including phenoxy) is 2. The van der Waals surface area contributed by atoms with Gasteiger partial charge in [-0.25, -0.2) is 13.6 Å². The highest BCUT2D eigenvalue weighted by Gasteiger charge is 2.49. The van der Waals surface area contributed by atoms with E-state index in [-0.39, 0.29) is 31.3 Å². The summed E-state index contributed by atoms with van der Waals surface area (Å²) in [7, 11) is 0. The lowest BCUT2D eigenvalue weighted by atomic mass is 10.2. The zero-order chi connectivity index (χ0) is 32.8. The normalized spacial score (nSPS) is 28.5. The number of fused-ring (bicyclic) bond motifs is 4. The molecule has 2 N–H and O–H groups in total. The van der Waals surface area contributed by atoms with Gasteiger partial charge >= 0.3 is 6.03 Å². The molecule has 5 aliphatic heterocycles. The van der Waals surface area contributed by atoms with Crippen molar-refractivity contribution in [3.05, 3.63) is 48.5 Å². The van der Waals surface area contributed by atoms with Gasteiger partial charge in [0.05, 0.1) is 50.6 Å². The molecule has 2 aromatic carbocycles. The van der Waals surface area contributed by atoms with E-state index in [0.717, 1.165) is 38.4 Å². The van der Waals surface area contributed by atoms with Crippen molar-refractivity contribution in [3.63, 3.8) is 0 Å². The van der Waals surface area contributed by atoms with Crippen LogP contribution in [0.5, 0.6) is 0 Å². The number of hydrogen-bond acceptors (Lipinski definition) is 10. The summed E-state index contributed by atoms with van der Waals surface area (Å²) in [6, 6.07) is 13.4. The molecule has 0 saturated carbocycles. The number of nitrogens with one attached hydrogen (secondary N) is 2. The number of halogens is 2. The number of anilines is 5. The van der Waals surface area contributed by atoms with Gasteiger partial charge in [-0.1, -0.05) is 6.92 Å². The molecule has 0 spiro atoms. The van der Waals surface area contributed by atoms with Crippen molar-refractivity contribution in [2.45, 2.75) is 56.3 Å². The molecule has 3 aromatic rings. The average Bonchev–Trinajstić information content (AvgIpc) is 3.42. The minimum atomic E-state index is -1.05. The minimum Gasteiger partial charge on any atom is -0.377 e. The number of benzene rings is 2. The van der Waals surface area contributed by atoms with Crippen LogP contribution in [0.1, 0.15) is 19.8 Å². The Morgan fingerprint density at radius 2 is 1.27 bits per heavy atom. The number of carbonyl (C=O) groups is 1. The maximum Gasteiger partial charge on any atom is 0.323 e. The Hall–Kier alpha value is -4.14. The van der Waals surface area contributed by atoms with Crippen LogP contribution in [0.4, 0.5) is 42.5 Å². The maximum atomic E-state index is 15.0. The van der Waals surface area contributed by atoms with E-state index in [1.54, 1.807) is 12.1 Å². The van der Waals surface area contributed by atoms with Gasteiger partial charge in [0, 0.05) is 61.6 Å². The number of aromatic nitrogens is 3. The van der Waals surface area contributed by atoms with Crippen LogP contribution < -0.4 is 25.3 Å². The van der Waals surface area contributed by atoms with E-state index < -0.39 is 24.4 Å². The first-order valence-electron chi connectivity index (χ1n) is 17.0. The Morgan fingerprint density at radius 3 is 1.77 bits per heavy atom. The van der Waals surface area contributed by atoms with Gasteiger partial charge in [-0.3, -0.25) is 0 Å². The van der Waals surface area contributed by atoms with Crippen LogP contribution in [0.25, 0.3) is 11.4 Å². The van der Waals surface area contributed by atoms with Crippen LogP contribution in [0.2, 0.25) is 0 Å². The van der Waals surface area contributed by atoms with Crippen LogP contribution in [0.15, 0.2) is 48.5 Å². The predicted molar refractivity (Wildman–Crippen MR) is 179 cm³/mol. The Labute approximate surface area is 278 Å². The zero-order valence-corrected chi connectivity index (χ0v) is 27.0. The third kappa shape index (κ3) is 6.01. The van der Waals surface area contributed by atoms with Crippen LogP contribution >= 0.6 is 0 Å². The summed E-state index contributed by atoms with van der Waals surface area (Å²) >= 11 is 0. The van der Waals surface area contributed by atoms with Gasteiger partial charge in [-0.05, 0) is 55.1 Å². The third-order valence-electron chi connectivity index (χ3n) is 10.3. The van der Waals surface area contributed by atoms with E-state index >= 15 is 0 Å². The zero-order valence-electron chi connectivity index (χ0n) is 27.0. The van der Waals surface area contributed by atoms with Crippen molar-refractivity contribution in [1.82, 2.24) is 19.9 Å². The molecule has 6 atom stereocenters. The number of morpholine rings is 2. The molecular weight excluding hydrogens is 620 g/mol. The lowest BCUT2D eigenvalue weighted by molar-refractivity contribution is 0.0810. The Balaban J connectivity index is 0.985. The largest absolute Gasteiger partial charge is 0.377 e. The van der Waals surface area contributed by atoms with Crippen LogP contribution in [-0.4, -0.2) is 122 Å². The number of nitrogens with zero attached hydrogens (tertiary/aromatic N) is 7. The van der Waals surface area contributed by atoms with Gasteiger partial charge in [-0.15, -0.1) is 0 Å². The van der Waals surface area contributed by atoms with Gasteiger partial charge in [0.15, 0.2) is 5.82 Å². The minimum absolute atomic E-state index is 0.185. The molecule has 12 nitrogen and oxygen atoms in total. The fourth-order valence-corrected chi connectivity index (χ4v) is 7.68. The summed E-state index contributed by atoms with van der Waals surface area (Å²) in [5.74, 6) is 1.13. The number of amides is 2.